The molecular weight excluding hydrogens is 703 g/mol. The molecule has 1 N–H and O–H groups in total. The zero-order valence-electron chi connectivity index (χ0n) is 36.1. The van der Waals surface area contributed by atoms with E-state index in [-0.39, 0.29) is 36.7 Å². The Hall–Kier alpha value is -3.49. The summed E-state index contributed by atoms with van der Waals surface area (Å²) < 4.78 is 17.2. The normalized spacial score (nSPS) is 13.8. The van der Waals surface area contributed by atoms with Crippen LogP contribution < -0.4 is 0 Å². The Labute approximate surface area is 342 Å². The van der Waals surface area contributed by atoms with Crippen molar-refractivity contribution in [3.05, 3.63) is 85.1 Å². The van der Waals surface area contributed by atoms with Gasteiger partial charge in [-0.3, -0.25) is 9.59 Å². The molecule has 0 heterocycles. The molecule has 0 aromatic rings. The summed E-state index contributed by atoms with van der Waals surface area (Å²) in [6, 6.07) is -0.633. The van der Waals surface area contributed by atoms with Crippen molar-refractivity contribution < 1.29 is 38.2 Å². The second kappa shape index (κ2) is 38.4. The quantitative estimate of drug-likeness (QED) is 0.0290. The van der Waals surface area contributed by atoms with Crippen molar-refractivity contribution >= 4 is 17.9 Å². The average molecular weight is 783 g/mol. The highest BCUT2D eigenvalue weighted by Gasteiger charge is 2.31. The van der Waals surface area contributed by atoms with Crippen LogP contribution in [-0.4, -0.2) is 80.6 Å². The van der Waals surface area contributed by atoms with E-state index in [9.17, 15) is 19.5 Å². The Morgan fingerprint density at radius 2 is 1.04 bits per heavy atom. The van der Waals surface area contributed by atoms with E-state index in [2.05, 4.69) is 86.8 Å². The minimum absolute atomic E-state index is 0.0230. The second-order valence-electron chi connectivity index (χ2n) is 15.2. The van der Waals surface area contributed by atoms with Crippen LogP contribution >= 0.6 is 0 Å². The molecule has 0 saturated heterocycles. The van der Waals surface area contributed by atoms with Crippen molar-refractivity contribution in [3.8, 4) is 0 Å². The molecule has 56 heavy (non-hydrogen) atoms. The zero-order chi connectivity index (χ0) is 41.4. The van der Waals surface area contributed by atoms with Gasteiger partial charge < -0.3 is 23.8 Å². The van der Waals surface area contributed by atoms with Gasteiger partial charge in [-0.05, 0) is 77.0 Å². The molecule has 8 heteroatoms. The van der Waals surface area contributed by atoms with Crippen LogP contribution in [0.4, 0.5) is 0 Å². The molecule has 0 aliphatic carbocycles. The molecule has 0 saturated carbocycles. The first-order valence-corrected chi connectivity index (χ1v) is 21.6. The lowest BCUT2D eigenvalue weighted by Gasteiger charge is -2.31. The van der Waals surface area contributed by atoms with Crippen LogP contribution in [0.5, 0.6) is 0 Å². The van der Waals surface area contributed by atoms with Gasteiger partial charge in [0.1, 0.15) is 6.61 Å². The lowest BCUT2D eigenvalue weighted by Crippen LogP contribution is -2.50. The molecule has 0 spiro atoms. The first kappa shape index (κ1) is 52.5. The number of hydrogen-bond acceptors (Lipinski definition) is 6. The fraction of sp³-hybridized carbons (Fsp3) is 0.646. The summed E-state index contributed by atoms with van der Waals surface area (Å²) in [6.07, 6.45) is 49.3. The van der Waals surface area contributed by atoms with Crippen molar-refractivity contribution in [3.63, 3.8) is 0 Å². The van der Waals surface area contributed by atoms with E-state index in [0.29, 0.717) is 19.3 Å². The van der Waals surface area contributed by atoms with E-state index in [0.717, 1.165) is 70.6 Å². The number of carboxylic acid groups (broad SMARTS) is 1. The molecule has 0 aromatic carbocycles. The summed E-state index contributed by atoms with van der Waals surface area (Å²) in [5.41, 5.74) is 0. The number of quaternary nitrogens is 1. The van der Waals surface area contributed by atoms with Crippen LogP contribution in [0, 0.1) is 0 Å². The first-order valence-electron chi connectivity index (χ1n) is 21.6. The maximum atomic E-state index is 12.7. The number of carboxylic acids is 1. The molecule has 8 nitrogen and oxygen atoms in total. The fourth-order valence-electron chi connectivity index (χ4n) is 5.70. The van der Waals surface area contributed by atoms with Crippen molar-refractivity contribution in [1.29, 1.82) is 0 Å². The minimum atomic E-state index is -0.892. The van der Waals surface area contributed by atoms with Crippen molar-refractivity contribution in [2.24, 2.45) is 0 Å². The van der Waals surface area contributed by atoms with Gasteiger partial charge in [0.05, 0.1) is 34.4 Å². The highest BCUT2D eigenvalue weighted by atomic mass is 16.6. The number of esters is 2. The molecule has 318 valence electrons. The SMILES string of the molecule is CC/C=C\C/C=C\C/C=C\C/C=C\CCC(=O)OC(COCCC(C(=O)O)[N+](C)(C)C)COC(=O)CCCCCCCC/C=C\C/C=C\C/C=C\CCCCC. The van der Waals surface area contributed by atoms with Gasteiger partial charge >= 0.3 is 17.9 Å². The largest absolute Gasteiger partial charge is 0.477 e. The van der Waals surface area contributed by atoms with Gasteiger partial charge in [0.25, 0.3) is 0 Å². The van der Waals surface area contributed by atoms with Gasteiger partial charge in [0.15, 0.2) is 12.1 Å². The predicted octanol–water partition coefficient (Wildman–Crippen LogP) is 11.7. The number of unbranched alkanes of at least 4 members (excludes halogenated alkanes) is 9. The number of carbonyl (C=O) groups excluding carboxylic acids is 2. The van der Waals surface area contributed by atoms with Gasteiger partial charge in [-0.2, -0.15) is 0 Å². The highest BCUT2D eigenvalue weighted by Crippen LogP contribution is 2.12. The number of hydrogen-bond donors (Lipinski definition) is 1. The monoisotopic (exact) mass is 783 g/mol. The number of allylic oxidation sites excluding steroid dienone is 14. The van der Waals surface area contributed by atoms with Crippen molar-refractivity contribution in [2.75, 3.05) is 41.0 Å². The molecule has 0 amide bonds. The number of likely N-dealkylation sites (N-methyl/N-ethyl adjacent to an activating group) is 1. The van der Waals surface area contributed by atoms with E-state index in [1.165, 1.54) is 38.5 Å². The van der Waals surface area contributed by atoms with Gasteiger partial charge in [0, 0.05) is 19.3 Å². The van der Waals surface area contributed by atoms with Crippen molar-refractivity contribution in [1.82, 2.24) is 0 Å². The Morgan fingerprint density at radius 3 is 1.55 bits per heavy atom. The molecule has 0 radical (unpaired) electrons. The van der Waals surface area contributed by atoms with Gasteiger partial charge in [0.2, 0.25) is 0 Å². The van der Waals surface area contributed by atoms with Gasteiger partial charge in [-0.1, -0.05) is 137 Å². The summed E-state index contributed by atoms with van der Waals surface area (Å²) in [6.45, 7) is 4.48. The highest BCUT2D eigenvalue weighted by molar-refractivity contribution is 5.72. The molecular formula is C48H80NO7+. The molecule has 0 aliphatic heterocycles. The molecule has 2 unspecified atom stereocenters. The van der Waals surface area contributed by atoms with E-state index >= 15 is 0 Å². The van der Waals surface area contributed by atoms with Crippen molar-refractivity contribution in [2.45, 2.75) is 161 Å². The number of nitrogens with zero attached hydrogens (tertiary/aromatic N) is 1. The van der Waals surface area contributed by atoms with Gasteiger partial charge in [-0.25, -0.2) is 4.79 Å². The van der Waals surface area contributed by atoms with E-state index < -0.39 is 24.1 Å². The maximum Gasteiger partial charge on any atom is 0.362 e. The number of aliphatic carboxylic acids is 1. The third-order valence-corrected chi connectivity index (χ3v) is 9.04. The van der Waals surface area contributed by atoms with Crippen LogP contribution in [-0.2, 0) is 28.6 Å². The zero-order valence-corrected chi connectivity index (χ0v) is 36.1. The second-order valence-corrected chi connectivity index (χ2v) is 15.2. The molecule has 0 rings (SSSR count). The molecule has 0 fully saturated rings. The van der Waals surface area contributed by atoms with Crippen LogP contribution in [0.15, 0.2) is 85.1 Å². The Balaban J connectivity index is 4.45. The van der Waals surface area contributed by atoms with Gasteiger partial charge in [-0.15, -0.1) is 0 Å². The predicted molar refractivity (Wildman–Crippen MR) is 233 cm³/mol. The summed E-state index contributed by atoms with van der Waals surface area (Å²) in [4.78, 5) is 36.9. The summed E-state index contributed by atoms with van der Waals surface area (Å²) >= 11 is 0. The van der Waals surface area contributed by atoms with Crippen LogP contribution in [0.2, 0.25) is 0 Å². The lowest BCUT2D eigenvalue weighted by molar-refractivity contribution is -0.887. The minimum Gasteiger partial charge on any atom is -0.477 e. The van der Waals surface area contributed by atoms with E-state index in [1.54, 1.807) is 0 Å². The fourth-order valence-corrected chi connectivity index (χ4v) is 5.70. The standard InChI is InChI=1S/C48H79NO7/c1-6-8-10-12-14-16-18-20-21-22-23-24-25-27-28-30-32-34-36-38-46(50)55-43-44(42-54-41-40-45(48(52)53)49(3,4)5)56-47(51)39-37-35-33-31-29-26-19-17-15-13-11-9-7-2/h9,11,14-17,20-21,23-24,26,29,33,35,44-45H,6-8,10,12-13,18-19,22,25,27-28,30-32,34,36-43H2,1-5H3/p+1/b11-9-,16-14-,17-15-,21-20-,24-23-,29-26-,35-33-. The Bertz CT molecular complexity index is 1190. The van der Waals surface area contributed by atoms with Crippen LogP contribution in [0.1, 0.15) is 149 Å². The molecule has 0 bridgehead atoms. The molecule has 0 aliphatic rings. The third kappa shape index (κ3) is 36.2. The first-order chi connectivity index (χ1) is 27.1. The van der Waals surface area contributed by atoms with E-state index in [4.69, 9.17) is 14.2 Å². The molecule has 0 aromatic heterocycles. The number of ether oxygens (including phenoxy) is 3. The average Bonchev–Trinajstić information content (AvgIpc) is 3.15. The third-order valence-electron chi connectivity index (χ3n) is 9.04. The summed E-state index contributed by atoms with van der Waals surface area (Å²) in [5.74, 6) is -1.60. The summed E-state index contributed by atoms with van der Waals surface area (Å²) in [5, 5.41) is 9.61. The summed E-state index contributed by atoms with van der Waals surface area (Å²) in [7, 11) is 5.48. The van der Waals surface area contributed by atoms with E-state index in [1.807, 2.05) is 33.3 Å². The number of carbonyl (C=O) groups is 3. The Morgan fingerprint density at radius 1 is 0.554 bits per heavy atom. The number of rotatable bonds is 37. The Kier molecular flexibility index (Phi) is 36.0. The topological polar surface area (TPSA) is 99.1 Å². The van der Waals surface area contributed by atoms with Crippen LogP contribution in [0.25, 0.3) is 0 Å². The molecule has 2 atom stereocenters. The maximum absolute atomic E-state index is 12.7. The lowest BCUT2D eigenvalue weighted by atomic mass is 10.1. The van der Waals surface area contributed by atoms with Crippen LogP contribution in [0.3, 0.4) is 0 Å². The smallest absolute Gasteiger partial charge is 0.362 e.